The Bertz CT molecular complexity index is 723. The van der Waals surface area contributed by atoms with Crippen LogP contribution >= 0.6 is 23.2 Å². The first-order valence-electron chi connectivity index (χ1n) is 7.59. The monoisotopic (exact) mass is 333 g/mol. The Morgan fingerprint density at radius 1 is 0.955 bits per heavy atom. The lowest BCUT2D eigenvalue weighted by Crippen LogP contribution is -2.40. The van der Waals surface area contributed by atoms with Crippen molar-refractivity contribution in [2.24, 2.45) is 35.5 Å². The van der Waals surface area contributed by atoms with Crippen molar-refractivity contribution in [3.8, 4) is 0 Å². The van der Waals surface area contributed by atoms with Gasteiger partial charge in [-0.3, -0.25) is 9.59 Å². The average molecular weight is 334 g/mol. The van der Waals surface area contributed by atoms with Crippen LogP contribution in [-0.2, 0) is 9.59 Å². The lowest BCUT2D eigenvalue weighted by Gasteiger charge is -2.37. The molecule has 0 aromatic heterocycles. The van der Waals surface area contributed by atoms with Crippen molar-refractivity contribution in [2.75, 3.05) is 4.90 Å². The maximum Gasteiger partial charge on any atom is 0.238 e. The van der Waals surface area contributed by atoms with E-state index in [1.807, 2.05) is 0 Å². The Labute approximate surface area is 137 Å². The highest BCUT2D eigenvalue weighted by Crippen LogP contribution is 2.65. The van der Waals surface area contributed by atoms with E-state index >= 15 is 0 Å². The van der Waals surface area contributed by atoms with Crippen molar-refractivity contribution in [2.45, 2.75) is 6.42 Å². The third kappa shape index (κ3) is 1.49. The molecule has 1 aliphatic heterocycles. The summed E-state index contributed by atoms with van der Waals surface area (Å²) in [4.78, 5) is 27.1. The zero-order valence-electron chi connectivity index (χ0n) is 11.6. The molecular formula is C17H13Cl2NO2. The summed E-state index contributed by atoms with van der Waals surface area (Å²) in [5.41, 5.74) is 0.462. The van der Waals surface area contributed by atoms with Gasteiger partial charge in [-0.05, 0) is 48.3 Å². The molecule has 2 saturated carbocycles. The number of benzene rings is 1. The van der Waals surface area contributed by atoms with Crippen molar-refractivity contribution in [1.29, 1.82) is 0 Å². The topological polar surface area (TPSA) is 37.4 Å². The maximum absolute atomic E-state index is 12.9. The molecule has 0 N–H and O–H groups in total. The number of nitrogens with zero attached hydrogens (tertiary/aromatic N) is 1. The second-order valence-corrected chi connectivity index (χ2v) is 7.61. The molecule has 2 bridgehead atoms. The minimum Gasteiger partial charge on any atom is -0.274 e. The largest absolute Gasteiger partial charge is 0.274 e. The Morgan fingerprint density at radius 3 is 2.09 bits per heavy atom. The van der Waals surface area contributed by atoms with Crippen LogP contribution in [0.4, 0.5) is 5.69 Å². The van der Waals surface area contributed by atoms with Gasteiger partial charge >= 0.3 is 0 Å². The first-order valence-corrected chi connectivity index (χ1v) is 8.34. The number of amides is 2. The van der Waals surface area contributed by atoms with Crippen LogP contribution in [0.1, 0.15) is 6.42 Å². The fourth-order valence-electron chi connectivity index (χ4n) is 4.86. The molecular weight excluding hydrogens is 321 g/mol. The van der Waals surface area contributed by atoms with Gasteiger partial charge in [-0.1, -0.05) is 35.4 Å². The van der Waals surface area contributed by atoms with Gasteiger partial charge in [-0.15, -0.1) is 0 Å². The standard InChI is InChI=1S/C17H13Cl2NO2/c18-7-1-4-13(12(19)5-7)20-16(21)14-8-2-3-9(11-6-10(8)11)15(14)17(20)22/h1-5,8-11,14-15H,6H2/t8-,9+,10-,11-,14+,15-/m1/s1. The first-order chi connectivity index (χ1) is 10.6. The Morgan fingerprint density at radius 2 is 1.55 bits per heavy atom. The highest BCUT2D eigenvalue weighted by molar-refractivity contribution is 6.38. The summed E-state index contributed by atoms with van der Waals surface area (Å²) in [6.07, 6.45) is 5.49. The highest BCUT2D eigenvalue weighted by Gasteiger charge is 2.67. The van der Waals surface area contributed by atoms with Crippen LogP contribution in [0, 0.1) is 35.5 Å². The van der Waals surface area contributed by atoms with Crippen molar-refractivity contribution in [3.05, 3.63) is 40.4 Å². The SMILES string of the molecule is O=C1[C@@H]2[C@H]3C=C[C@H]([C@H]4C[C@H]34)[C@@H]2C(=O)N1c1ccc(Cl)cc1Cl. The first kappa shape index (κ1) is 13.1. The van der Waals surface area contributed by atoms with Crippen LogP contribution in [0.5, 0.6) is 0 Å². The minimum absolute atomic E-state index is 0.0936. The molecule has 112 valence electrons. The number of hydrogen-bond donors (Lipinski definition) is 0. The average Bonchev–Trinajstić information content (AvgIpc) is 3.26. The van der Waals surface area contributed by atoms with Crippen molar-refractivity contribution in [1.82, 2.24) is 0 Å². The van der Waals surface area contributed by atoms with Gasteiger partial charge in [0.25, 0.3) is 0 Å². The summed E-state index contributed by atoms with van der Waals surface area (Å²) < 4.78 is 0. The molecule has 1 heterocycles. The molecule has 3 nitrogen and oxygen atoms in total. The lowest BCUT2D eigenvalue weighted by atomic mass is 9.63. The van der Waals surface area contributed by atoms with Gasteiger partial charge in [0.2, 0.25) is 11.8 Å². The Kier molecular flexibility index (Phi) is 2.48. The summed E-state index contributed by atoms with van der Waals surface area (Å²) in [6.45, 7) is 0. The quantitative estimate of drug-likeness (QED) is 0.582. The number of imide groups is 1. The highest BCUT2D eigenvalue weighted by atomic mass is 35.5. The van der Waals surface area contributed by atoms with Crippen LogP contribution in [-0.4, -0.2) is 11.8 Å². The summed E-state index contributed by atoms with van der Waals surface area (Å²) in [7, 11) is 0. The fourth-order valence-corrected chi connectivity index (χ4v) is 5.35. The van der Waals surface area contributed by atoms with Crippen molar-refractivity contribution in [3.63, 3.8) is 0 Å². The van der Waals surface area contributed by atoms with Crippen molar-refractivity contribution < 1.29 is 9.59 Å². The Balaban J connectivity index is 1.60. The lowest BCUT2D eigenvalue weighted by molar-refractivity contribution is -0.124. The third-order valence-corrected chi connectivity index (χ3v) is 6.35. The van der Waals surface area contributed by atoms with E-state index < -0.39 is 0 Å². The van der Waals surface area contributed by atoms with Crippen molar-refractivity contribution >= 4 is 40.7 Å². The maximum atomic E-state index is 12.9. The van der Waals surface area contributed by atoms with E-state index in [4.69, 9.17) is 23.2 Å². The van der Waals surface area contributed by atoms with Gasteiger partial charge in [-0.25, -0.2) is 4.90 Å². The molecule has 0 spiro atoms. The number of allylic oxidation sites excluding steroid dienone is 2. The summed E-state index contributed by atoms with van der Waals surface area (Å²) in [5, 5.41) is 0.839. The summed E-state index contributed by atoms with van der Waals surface area (Å²) in [5.74, 6) is 1.09. The predicted octanol–water partition coefficient (Wildman–Crippen LogP) is 3.55. The summed E-state index contributed by atoms with van der Waals surface area (Å²) in [6, 6.07) is 4.90. The van der Waals surface area contributed by atoms with Gasteiger partial charge in [-0.2, -0.15) is 0 Å². The number of carbonyl (C=O) groups is 2. The molecule has 2 amide bonds. The molecule has 4 aliphatic carbocycles. The molecule has 1 saturated heterocycles. The molecule has 1 aromatic carbocycles. The van der Waals surface area contributed by atoms with E-state index in [0.29, 0.717) is 27.6 Å². The minimum atomic E-state index is -0.196. The van der Waals surface area contributed by atoms with E-state index in [0.717, 1.165) is 6.42 Å². The van der Waals surface area contributed by atoms with Gasteiger partial charge < -0.3 is 0 Å². The molecule has 0 radical (unpaired) electrons. The number of carbonyl (C=O) groups excluding carboxylic acids is 2. The zero-order valence-corrected chi connectivity index (χ0v) is 13.1. The molecule has 0 unspecified atom stereocenters. The van der Waals surface area contributed by atoms with Crippen LogP contribution in [0.25, 0.3) is 0 Å². The van der Waals surface area contributed by atoms with E-state index in [9.17, 15) is 9.59 Å². The van der Waals surface area contributed by atoms with Gasteiger partial charge in [0.05, 0.1) is 22.5 Å². The van der Waals surface area contributed by atoms with Crippen LogP contribution < -0.4 is 4.90 Å². The second kappa shape index (κ2) is 4.15. The molecule has 22 heavy (non-hydrogen) atoms. The van der Waals surface area contributed by atoms with Crippen LogP contribution in [0.3, 0.4) is 0 Å². The van der Waals surface area contributed by atoms with Gasteiger partial charge in [0.1, 0.15) is 0 Å². The van der Waals surface area contributed by atoms with E-state index in [2.05, 4.69) is 12.2 Å². The molecule has 6 rings (SSSR count). The molecule has 6 atom stereocenters. The van der Waals surface area contributed by atoms with E-state index in [1.165, 1.54) is 4.90 Å². The third-order valence-electron chi connectivity index (χ3n) is 5.81. The second-order valence-electron chi connectivity index (χ2n) is 6.76. The number of halogens is 2. The number of anilines is 1. The predicted molar refractivity (Wildman–Crippen MR) is 83.7 cm³/mol. The molecule has 5 heteroatoms. The smallest absolute Gasteiger partial charge is 0.238 e. The molecule has 1 aromatic rings. The van der Waals surface area contributed by atoms with Gasteiger partial charge in [0, 0.05) is 5.02 Å². The van der Waals surface area contributed by atoms with E-state index in [1.54, 1.807) is 18.2 Å². The van der Waals surface area contributed by atoms with Gasteiger partial charge in [0.15, 0.2) is 0 Å². The Hall–Kier alpha value is -1.32. The van der Waals surface area contributed by atoms with E-state index in [-0.39, 0.29) is 35.5 Å². The normalized spacial score (nSPS) is 40.9. The van der Waals surface area contributed by atoms with Crippen LogP contribution in [0.15, 0.2) is 30.4 Å². The fraction of sp³-hybridized carbons (Fsp3) is 0.412. The number of hydrogen-bond acceptors (Lipinski definition) is 2. The van der Waals surface area contributed by atoms with Crippen LogP contribution in [0.2, 0.25) is 10.0 Å². The molecule has 5 aliphatic rings. The summed E-state index contributed by atoms with van der Waals surface area (Å²) >= 11 is 12.1. The zero-order chi connectivity index (χ0) is 15.2. The number of rotatable bonds is 1. The molecule has 3 fully saturated rings.